The topological polar surface area (TPSA) is 73.1 Å². The summed E-state index contributed by atoms with van der Waals surface area (Å²) in [6.45, 7) is 5.39. The van der Waals surface area contributed by atoms with Gasteiger partial charge in [-0.3, -0.25) is 9.78 Å². The van der Waals surface area contributed by atoms with Crippen molar-refractivity contribution < 1.29 is 9.53 Å². The van der Waals surface area contributed by atoms with E-state index in [-0.39, 0.29) is 17.2 Å². The summed E-state index contributed by atoms with van der Waals surface area (Å²) in [6.07, 6.45) is 3.64. The molecule has 1 aliphatic rings. The molecule has 0 radical (unpaired) electrons. The first-order valence-electron chi connectivity index (χ1n) is 9.38. The van der Waals surface area contributed by atoms with Crippen LogP contribution in [0.4, 0.5) is 0 Å². The Morgan fingerprint density at radius 2 is 2.10 bits per heavy atom. The first-order chi connectivity index (χ1) is 14.0. The van der Waals surface area contributed by atoms with E-state index in [2.05, 4.69) is 15.0 Å². The minimum absolute atomic E-state index is 0.0503. The second-order valence-corrected chi connectivity index (χ2v) is 7.59. The molecule has 29 heavy (non-hydrogen) atoms. The molecule has 0 fully saturated rings. The predicted molar refractivity (Wildman–Crippen MR) is 110 cm³/mol. The van der Waals surface area contributed by atoms with Gasteiger partial charge in [0, 0.05) is 37.3 Å². The summed E-state index contributed by atoms with van der Waals surface area (Å²) in [6, 6.07) is 7.63. The molecule has 0 bridgehead atoms. The van der Waals surface area contributed by atoms with Crippen LogP contribution in [0, 0.1) is 13.8 Å². The molecule has 0 saturated carbocycles. The third-order valence-electron chi connectivity index (χ3n) is 5.08. The Morgan fingerprint density at radius 3 is 2.86 bits per heavy atom. The van der Waals surface area contributed by atoms with Gasteiger partial charge in [0.25, 0.3) is 5.91 Å². The Balaban J connectivity index is 1.70. The largest absolute Gasteiger partial charge is 0.382 e. The van der Waals surface area contributed by atoms with Crippen molar-refractivity contribution in [2.45, 2.75) is 33.0 Å². The van der Waals surface area contributed by atoms with Gasteiger partial charge in [0.05, 0.1) is 30.6 Å². The molecule has 3 aromatic heterocycles. The van der Waals surface area contributed by atoms with E-state index < -0.39 is 0 Å². The molecule has 0 unspecified atom stereocenters. The number of aryl methyl sites for hydroxylation is 2. The highest BCUT2D eigenvalue weighted by Crippen LogP contribution is 2.29. The number of fused-ring (bicyclic) bond motifs is 1. The molecular formula is C21H22ClN5O2. The molecule has 0 N–H and O–H groups in total. The fourth-order valence-electron chi connectivity index (χ4n) is 3.72. The Morgan fingerprint density at radius 1 is 1.28 bits per heavy atom. The van der Waals surface area contributed by atoms with Crippen LogP contribution >= 0.6 is 11.6 Å². The van der Waals surface area contributed by atoms with Gasteiger partial charge in [-0.1, -0.05) is 6.07 Å². The zero-order valence-corrected chi connectivity index (χ0v) is 17.3. The minimum Gasteiger partial charge on any atom is -0.382 e. The first-order valence-corrected chi connectivity index (χ1v) is 9.76. The number of hydrogen-bond acceptors (Lipinski definition) is 5. The van der Waals surface area contributed by atoms with Crippen LogP contribution in [-0.4, -0.2) is 50.1 Å². The molecule has 0 aromatic carbocycles. The van der Waals surface area contributed by atoms with Crippen LogP contribution in [-0.2, 0) is 17.8 Å². The Labute approximate surface area is 174 Å². The summed E-state index contributed by atoms with van der Waals surface area (Å²) < 4.78 is 7.37. The summed E-state index contributed by atoms with van der Waals surface area (Å²) in [7, 11) is 1.65. The number of hydrogen-bond donors (Lipinski definition) is 0. The lowest BCUT2D eigenvalue weighted by molar-refractivity contribution is 0.0384. The van der Waals surface area contributed by atoms with E-state index in [1.807, 2.05) is 53.8 Å². The van der Waals surface area contributed by atoms with Crippen LogP contribution < -0.4 is 0 Å². The Kier molecular flexibility index (Phi) is 5.34. The highest BCUT2D eigenvalue weighted by Gasteiger charge is 2.33. The van der Waals surface area contributed by atoms with Crippen LogP contribution in [0.15, 0.2) is 36.7 Å². The molecule has 0 spiro atoms. The Bertz CT molecular complexity index is 1060. The number of pyridine rings is 1. The molecule has 4 heterocycles. The number of methoxy groups -OCH3 is 1. The quantitative estimate of drug-likeness (QED) is 0.602. The molecule has 1 atom stereocenters. The van der Waals surface area contributed by atoms with Gasteiger partial charge >= 0.3 is 0 Å². The monoisotopic (exact) mass is 411 g/mol. The fraction of sp³-hybridized carbons (Fsp3) is 0.333. The highest BCUT2D eigenvalue weighted by atomic mass is 35.5. The minimum atomic E-state index is -0.0855. The summed E-state index contributed by atoms with van der Waals surface area (Å²) in [5.74, 6) is -0.0503. The van der Waals surface area contributed by atoms with Gasteiger partial charge in [-0.2, -0.15) is 0 Å². The average molecular weight is 412 g/mol. The van der Waals surface area contributed by atoms with Crippen LogP contribution in [0.2, 0.25) is 5.28 Å². The average Bonchev–Trinajstić information content (AvgIpc) is 3.11. The zero-order valence-electron chi connectivity index (χ0n) is 16.6. The number of carbonyl (C=O) groups excluding carboxylic acids is 1. The maximum Gasteiger partial charge on any atom is 0.271 e. The van der Waals surface area contributed by atoms with E-state index in [1.165, 1.54) is 0 Å². The van der Waals surface area contributed by atoms with Gasteiger partial charge in [0.2, 0.25) is 5.28 Å². The summed E-state index contributed by atoms with van der Waals surface area (Å²) in [5, 5.41) is 0.186. The maximum absolute atomic E-state index is 13.4. The summed E-state index contributed by atoms with van der Waals surface area (Å²) in [5.41, 5.74) is 4.89. The van der Waals surface area contributed by atoms with E-state index in [4.69, 9.17) is 16.3 Å². The zero-order chi connectivity index (χ0) is 20.5. The molecule has 3 aromatic rings. The third-order valence-corrected chi connectivity index (χ3v) is 5.26. The van der Waals surface area contributed by atoms with Crippen molar-refractivity contribution >= 4 is 17.5 Å². The van der Waals surface area contributed by atoms with Crippen molar-refractivity contribution in [2.75, 3.05) is 13.7 Å². The molecular weight excluding hydrogens is 390 g/mol. The lowest BCUT2D eigenvalue weighted by atomic mass is 10.1. The number of carbonyl (C=O) groups is 1. The van der Waals surface area contributed by atoms with Gasteiger partial charge in [-0.25, -0.2) is 9.97 Å². The first kappa shape index (κ1) is 19.5. The number of ether oxygens (including phenoxy) is 1. The second-order valence-electron chi connectivity index (χ2n) is 7.25. The van der Waals surface area contributed by atoms with E-state index in [9.17, 15) is 4.79 Å². The maximum atomic E-state index is 13.4. The lowest BCUT2D eigenvalue weighted by Crippen LogP contribution is -2.49. The van der Waals surface area contributed by atoms with Crippen molar-refractivity contribution in [2.24, 2.45) is 0 Å². The van der Waals surface area contributed by atoms with Gasteiger partial charge < -0.3 is 14.2 Å². The van der Waals surface area contributed by atoms with Gasteiger partial charge in [-0.15, -0.1) is 0 Å². The molecule has 1 amide bonds. The number of nitrogens with zero attached hydrogens (tertiary/aromatic N) is 5. The van der Waals surface area contributed by atoms with E-state index in [1.54, 1.807) is 13.3 Å². The highest BCUT2D eigenvalue weighted by molar-refractivity contribution is 6.28. The van der Waals surface area contributed by atoms with Crippen LogP contribution in [0.1, 0.15) is 27.4 Å². The van der Waals surface area contributed by atoms with Crippen LogP contribution in [0.3, 0.4) is 0 Å². The molecule has 1 aliphatic heterocycles. The van der Waals surface area contributed by atoms with Gasteiger partial charge in [-0.05, 0) is 49.2 Å². The van der Waals surface area contributed by atoms with E-state index in [0.717, 1.165) is 28.2 Å². The fourth-order valence-corrected chi connectivity index (χ4v) is 3.85. The SMILES string of the molecule is COC[C@H]1Cn2cc(-c3nc(Cl)ncc3C)cc2C(=O)N1Cc1cccc(C)n1. The normalized spacial score (nSPS) is 16.2. The van der Waals surface area contributed by atoms with Gasteiger partial charge in [0.1, 0.15) is 5.69 Å². The summed E-state index contributed by atoms with van der Waals surface area (Å²) >= 11 is 5.99. The molecule has 0 saturated heterocycles. The predicted octanol–water partition coefficient (Wildman–Crippen LogP) is 3.28. The molecule has 150 valence electrons. The van der Waals surface area contributed by atoms with Crippen molar-refractivity contribution in [1.29, 1.82) is 0 Å². The molecule has 8 heteroatoms. The van der Waals surface area contributed by atoms with Crippen molar-refractivity contribution in [3.63, 3.8) is 0 Å². The standard InChI is InChI=1S/C21H22ClN5O2/c1-13-8-23-21(22)25-19(13)15-7-18-20(28)27(10-16-6-4-5-14(2)24-16)17(12-29-3)11-26(18)9-15/h4-9,17H,10-12H2,1-3H3/t17-/m1/s1. The molecule has 7 nitrogen and oxygen atoms in total. The number of aromatic nitrogens is 4. The second kappa shape index (κ2) is 7.93. The third kappa shape index (κ3) is 3.88. The summed E-state index contributed by atoms with van der Waals surface area (Å²) in [4.78, 5) is 28.1. The van der Waals surface area contributed by atoms with E-state index in [0.29, 0.717) is 25.4 Å². The van der Waals surface area contributed by atoms with Gasteiger partial charge in [0.15, 0.2) is 0 Å². The van der Waals surface area contributed by atoms with Crippen molar-refractivity contribution in [1.82, 2.24) is 24.4 Å². The lowest BCUT2D eigenvalue weighted by Gasteiger charge is -2.36. The number of amides is 1. The van der Waals surface area contributed by atoms with E-state index >= 15 is 0 Å². The molecule has 0 aliphatic carbocycles. The smallest absolute Gasteiger partial charge is 0.271 e. The number of halogens is 1. The Hall–Kier alpha value is -2.77. The van der Waals surface area contributed by atoms with Crippen LogP contribution in [0.5, 0.6) is 0 Å². The molecule has 4 rings (SSSR count). The van der Waals surface area contributed by atoms with Crippen molar-refractivity contribution in [3.8, 4) is 11.3 Å². The van der Waals surface area contributed by atoms with Crippen molar-refractivity contribution in [3.05, 3.63) is 64.6 Å². The van der Waals surface area contributed by atoms with Crippen LogP contribution in [0.25, 0.3) is 11.3 Å². The number of rotatable bonds is 5.